The van der Waals surface area contributed by atoms with E-state index in [0.29, 0.717) is 17.5 Å². The highest BCUT2D eigenvalue weighted by Gasteiger charge is 2.14. The molecule has 0 amide bonds. The summed E-state index contributed by atoms with van der Waals surface area (Å²) >= 11 is 0. The van der Waals surface area contributed by atoms with Crippen LogP contribution >= 0.6 is 12.4 Å². The summed E-state index contributed by atoms with van der Waals surface area (Å²) < 4.78 is 0. The molecule has 20 heavy (non-hydrogen) atoms. The maximum absolute atomic E-state index is 10.7. The first-order chi connectivity index (χ1) is 9.22. The van der Waals surface area contributed by atoms with Gasteiger partial charge >= 0.3 is 0 Å². The average molecular weight is 298 g/mol. The molecule has 1 aromatic carbocycles. The van der Waals surface area contributed by atoms with Crippen molar-refractivity contribution in [3.05, 3.63) is 28.3 Å². The van der Waals surface area contributed by atoms with Crippen LogP contribution < -0.4 is 10.6 Å². The fraction of sp³-hybridized carbons (Fsp3) is 0.417. The van der Waals surface area contributed by atoms with E-state index in [1.54, 1.807) is 6.07 Å². The van der Waals surface area contributed by atoms with Gasteiger partial charge in [0, 0.05) is 24.7 Å². The van der Waals surface area contributed by atoms with Crippen molar-refractivity contribution in [2.75, 3.05) is 18.4 Å². The summed E-state index contributed by atoms with van der Waals surface area (Å²) in [6, 6.07) is 5.10. The predicted octanol–water partition coefficient (Wildman–Crippen LogP) is 2.06. The van der Waals surface area contributed by atoms with Crippen molar-refractivity contribution in [1.29, 1.82) is 0 Å². The molecule has 3 rings (SSSR count). The van der Waals surface area contributed by atoms with Crippen molar-refractivity contribution in [2.45, 2.75) is 18.9 Å². The molecule has 1 aliphatic rings. The number of fused-ring (bicyclic) bond motifs is 1. The van der Waals surface area contributed by atoms with Gasteiger partial charge in [0.15, 0.2) is 0 Å². The summed E-state index contributed by atoms with van der Waals surface area (Å²) in [5.74, 6) is 0.657. The van der Waals surface area contributed by atoms with Gasteiger partial charge in [0.05, 0.1) is 16.0 Å². The fourth-order valence-corrected chi connectivity index (χ4v) is 2.35. The van der Waals surface area contributed by atoms with E-state index >= 15 is 0 Å². The van der Waals surface area contributed by atoms with Crippen LogP contribution in [0.3, 0.4) is 0 Å². The van der Waals surface area contributed by atoms with Crippen LogP contribution in [0.1, 0.15) is 12.8 Å². The second kappa shape index (κ2) is 6.06. The number of hydrogen-bond donors (Lipinski definition) is 3. The Balaban J connectivity index is 0.00000147. The molecule has 3 N–H and O–H groups in total. The summed E-state index contributed by atoms with van der Waals surface area (Å²) in [5.41, 5.74) is 1.48. The topological polar surface area (TPSA) is 95.9 Å². The molecule has 2 heterocycles. The van der Waals surface area contributed by atoms with Crippen molar-refractivity contribution in [3.8, 4) is 0 Å². The second-order valence-electron chi connectivity index (χ2n) is 4.72. The molecule has 0 aliphatic carbocycles. The van der Waals surface area contributed by atoms with Crippen LogP contribution in [0.2, 0.25) is 0 Å². The largest absolute Gasteiger partial charge is 0.354 e. The first-order valence-corrected chi connectivity index (χ1v) is 6.34. The molecule has 1 fully saturated rings. The zero-order chi connectivity index (χ0) is 13.2. The van der Waals surface area contributed by atoms with Crippen LogP contribution in [0.15, 0.2) is 18.2 Å². The molecule has 8 heteroatoms. The number of non-ortho nitro benzene ring substituents is 1. The molecular weight excluding hydrogens is 282 g/mol. The summed E-state index contributed by atoms with van der Waals surface area (Å²) in [5, 5.41) is 17.3. The monoisotopic (exact) mass is 297 g/mol. The number of H-pyrrole nitrogens is 1. The lowest BCUT2D eigenvalue weighted by atomic mass is 10.2. The fourth-order valence-electron chi connectivity index (χ4n) is 2.35. The normalized spacial score (nSPS) is 17.9. The van der Waals surface area contributed by atoms with Crippen molar-refractivity contribution >= 4 is 35.1 Å². The SMILES string of the molecule is Cl.O=[N+]([O-])c1ccc2nc(NCC3CCCN3)[nH]c2c1. The van der Waals surface area contributed by atoms with E-state index in [4.69, 9.17) is 0 Å². The van der Waals surface area contributed by atoms with E-state index in [2.05, 4.69) is 20.6 Å². The summed E-state index contributed by atoms with van der Waals surface area (Å²) in [6.07, 6.45) is 2.37. The average Bonchev–Trinajstić information content (AvgIpc) is 3.04. The van der Waals surface area contributed by atoms with Crippen molar-refractivity contribution in [3.63, 3.8) is 0 Å². The van der Waals surface area contributed by atoms with E-state index in [1.165, 1.54) is 25.0 Å². The first kappa shape index (κ1) is 14.5. The zero-order valence-electron chi connectivity index (χ0n) is 10.8. The van der Waals surface area contributed by atoms with E-state index < -0.39 is 4.92 Å². The third-order valence-corrected chi connectivity index (χ3v) is 3.35. The Kier molecular flexibility index (Phi) is 4.41. The van der Waals surface area contributed by atoms with Gasteiger partial charge in [-0.05, 0) is 25.5 Å². The smallest absolute Gasteiger partial charge is 0.271 e. The third kappa shape index (κ3) is 3.00. The number of aromatic nitrogens is 2. The molecule has 108 valence electrons. The van der Waals surface area contributed by atoms with Crippen LogP contribution in [0.4, 0.5) is 11.6 Å². The Hall–Kier alpha value is -1.86. The third-order valence-electron chi connectivity index (χ3n) is 3.35. The quantitative estimate of drug-likeness (QED) is 0.593. The summed E-state index contributed by atoms with van der Waals surface area (Å²) in [7, 11) is 0. The van der Waals surface area contributed by atoms with Gasteiger partial charge in [-0.1, -0.05) is 0 Å². The molecule has 1 atom stereocenters. The number of aromatic amines is 1. The Bertz CT molecular complexity index is 609. The molecule has 1 unspecified atom stereocenters. The van der Waals surface area contributed by atoms with E-state index in [9.17, 15) is 10.1 Å². The number of benzene rings is 1. The molecule has 7 nitrogen and oxygen atoms in total. The predicted molar refractivity (Wildman–Crippen MR) is 79.5 cm³/mol. The molecule has 0 saturated carbocycles. The van der Waals surface area contributed by atoms with Crippen molar-refractivity contribution < 1.29 is 4.92 Å². The minimum Gasteiger partial charge on any atom is -0.354 e. The molecule has 1 aliphatic heterocycles. The van der Waals surface area contributed by atoms with Gasteiger partial charge in [0.2, 0.25) is 5.95 Å². The number of nitro groups is 1. The highest BCUT2D eigenvalue weighted by Crippen LogP contribution is 2.20. The lowest BCUT2D eigenvalue weighted by Gasteiger charge is -2.09. The Morgan fingerprint density at radius 2 is 2.35 bits per heavy atom. The summed E-state index contributed by atoms with van der Waals surface area (Å²) in [6.45, 7) is 1.88. The first-order valence-electron chi connectivity index (χ1n) is 6.34. The van der Waals surface area contributed by atoms with Crippen molar-refractivity contribution in [2.24, 2.45) is 0 Å². The van der Waals surface area contributed by atoms with Gasteiger partial charge in [-0.3, -0.25) is 10.1 Å². The Labute approximate surface area is 121 Å². The number of imidazole rings is 1. The standard InChI is InChI=1S/C12H15N5O2.ClH/c18-17(19)9-3-4-10-11(6-9)16-12(15-10)14-7-8-2-1-5-13-8;/h3-4,6,8,13H,1-2,5,7H2,(H2,14,15,16);1H. The number of rotatable bonds is 4. The lowest BCUT2D eigenvalue weighted by molar-refractivity contribution is -0.384. The van der Waals surface area contributed by atoms with Gasteiger partial charge in [-0.25, -0.2) is 4.98 Å². The van der Waals surface area contributed by atoms with Crippen LogP contribution in [0.5, 0.6) is 0 Å². The molecule has 1 aromatic heterocycles. The molecular formula is C12H16ClN5O2. The zero-order valence-corrected chi connectivity index (χ0v) is 11.6. The van der Waals surface area contributed by atoms with Gasteiger partial charge in [-0.15, -0.1) is 12.4 Å². The summed E-state index contributed by atoms with van der Waals surface area (Å²) in [4.78, 5) is 17.7. The van der Waals surface area contributed by atoms with E-state index in [-0.39, 0.29) is 18.1 Å². The van der Waals surface area contributed by atoms with E-state index in [0.717, 1.165) is 18.6 Å². The van der Waals surface area contributed by atoms with Gasteiger partial charge in [-0.2, -0.15) is 0 Å². The second-order valence-corrected chi connectivity index (χ2v) is 4.72. The highest BCUT2D eigenvalue weighted by atomic mass is 35.5. The number of nitrogens with one attached hydrogen (secondary N) is 3. The lowest BCUT2D eigenvalue weighted by Crippen LogP contribution is -2.29. The minimum absolute atomic E-state index is 0. The van der Waals surface area contributed by atoms with Gasteiger partial charge < -0.3 is 15.6 Å². The molecule has 0 bridgehead atoms. The number of halogens is 1. The number of nitrogens with zero attached hydrogens (tertiary/aromatic N) is 2. The Morgan fingerprint density at radius 3 is 3.05 bits per heavy atom. The number of anilines is 1. The molecule has 0 spiro atoms. The van der Waals surface area contributed by atoms with Crippen LogP contribution in [-0.4, -0.2) is 34.0 Å². The molecule has 2 aromatic rings. The van der Waals surface area contributed by atoms with Crippen molar-refractivity contribution in [1.82, 2.24) is 15.3 Å². The van der Waals surface area contributed by atoms with Gasteiger partial charge in [0.25, 0.3) is 5.69 Å². The van der Waals surface area contributed by atoms with Crippen LogP contribution in [0, 0.1) is 10.1 Å². The van der Waals surface area contributed by atoms with Crippen LogP contribution in [0.25, 0.3) is 11.0 Å². The number of nitro benzene ring substituents is 1. The minimum atomic E-state index is -0.407. The maximum Gasteiger partial charge on any atom is 0.271 e. The maximum atomic E-state index is 10.7. The van der Waals surface area contributed by atoms with Gasteiger partial charge in [0.1, 0.15) is 0 Å². The Morgan fingerprint density at radius 1 is 1.50 bits per heavy atom. The van der Waals surface area contributed by atoms with Crippen LogP contribution in [-0.2, 0) is 0 Å². The highest BCUT2D eigenvalue weighted by molar-refractivity contribution is 5.85. The number of hydrogen-bond acceptors (Lipinski definition) is 5. The van der Waals surface area contributed by atoms with E-state index in [1.807, 2.05) is 0 Å². The molecule has 0 radical (unpaired) electrons. The molecule has 1 saturated heterocycles.